The third-order valence-electron chi connectivity index (χ3n) is 5.95. The largest absolute Gasteiger partial charge is 0.498 e. The minimum Gasteiger partial charge on any atom is -0.461 e. The second-order valence-electron chi connectivity index (χ2n) is 8.58. The first-order chi connectivity index (χ1) is 13.6. The van der Waals surface area contributed by atoms with Crippen LogP contribution >= 0.6 is 0 Å². The molecular formula is C19H30BN3O6. The van der Waals surface area contributed by atoms with Crippen molar-refractivity contribution in [2.75, 3.05) is 19.8 Å². The van der Waals surface area contributed by atoms with E-state index in [9.17, 15) is 9.90 Å². The van der Waals surface area contributed by atoms with Gasteiger partial charge in [0.1, 0.15) is 6.61 Å². The summed E-state index contributed by atoms with van der Waals surface area (Å²) in [6.45, 7) is 8.09. The zero-order valence-electron chi connectivity index (χ0n) is 17.5. The molecule has 160 valence electrons. The van der Waals surface area contributed by atoms with E-state index in [0.29, 0.717) is 12.0 Å². The molecule has 0 bridgehead atoms. The van der Waals surface area contributed by atoms with Crippen molar-refractivity contribution in [2.45, 2.75) is 70.3 Å². The van der Waals surface area contributed by atoms with E-state index >= 15 is 0 Å². The lowest BCUT2D eigenvalue weighted by molar-refractivity contribution is -0.146. The summed E-state index contributed by atoms with van der Waals surface area (Å²) in [6.07, 6.45) is 4.42. The minimum atomic E-state index is -1.40. The molecule has 9 nitrogen and oxygen atoms in total. The Morgan fingerprint density at radius 1 is 1.28 bits per heavy atom. The van der Waals surface area contributed by atoms with Crippen LogP contribution < -0.4 is 10.2 Å². The molecule has 1 amide bonds. The molecule has 10 heteroatoms. The maximum atomic E-state index is 12.2. The van der Waals surface area contributed by atoms with Gasteiger partial charge in [-0.1, -0.05) is 0 Å². The van der Waals surface area contributed by atoms with Crippen molar-refractivity contribution in [3.8, 4) is 6.01 Å². The highest BCUT2D eigenvalue weighted by Crippen LogP contribution is 2.36. The molecule has 2 atom stereocenters. The number of piperidine rings is 1. The van der Waals surface area contributed by atoms with Crippen LogP contribution in [0.5, 0.6) is 6.01 Å². The van der Waals surface area contributed by atoms with Crippen molar-refractivity contribution in [1.82, 2.24) is 14.9 Å². The predicted octanol–water partition coefficient (Wildman–Crippen LogP) is -0.111. The average Bonchev–Trinajstić information content (AvgIpc) is 2.93. The lowest BCUT2D eigenvalue weighted by atomic mass is 9.81. The van der Waals surface area contributed by atoms with Crippen LogP contribution in [0, 0.1) is 0 Å². The predicted molar refractivity (Wildman–Crippen MR) is 106 cm³/mol. The fourth-order valence-electron chi connectivity index (χ4n) is 3.41. The van der Waals surface area contributed by atoms with Gasteiger partial charge in [-0.3, -0.25) is 4.79 Å². The number of nitrogens with zero attached hydrogens (tertiary/aromatic N) is 3. The Labute approximate surface area is 171 Å². The van der Waals surface area contributed by atoms with Crippen LogP contribution in [0.2, 0.25) is 0 Å². The van der Waals surface area contributed by atoms with Crippen molar-refractivity contribution in [1.29, 1.82) is 0 Å². The van der Waals surface area contributed by atoms with E-state index in [2.05, 4.69) is 9.97 Å². The number of rotatable bonds is 6. The van der Waals surface area contributed by atoms with E-state index in [1.54, 1.807) is 17.3 Å². The monoisotopic (exact) mass is 407 g/mol. The number of amides is 1. The number of aliphatic hydroxyl groups is 2. The van der Waals surface area contributed by atoms with E-state index in [0.717, 1.165) is 19.3 Å². The summed E-state index contributed by atoms with van der Waals surface area (Å²) in [5, 5.41) is 18.7. The molecule has 0 aliphatic carbocycles. The number of aliphatic hydroxyl groups excluding tert-OH is 2. The van der Waals surface area contributed by atoms with Crippen LogP contribution in [0.15, 0.2) is 12.4 Å². The van der Waals surface area contributed by atoms with E-state index in [-0.39, 0.29) is 18.7 Å². The number of hydrogen-bond acceptors (Lipinski definition) is 8. The second-order valence-corrected chi connectivity index (χ2v) is 8.58. The molecule has 29 heavy (non-hydrogen) atoms. The summed E-state index contributed by atoms with van der Waals surface area (Å²) in [5.74, 6) is -0.474. The van der Waals surface area contributed by atoms with Gasteiger partial charge in [-0.15, -0.1) is 0 Å². The maximum absolute atomic E-state index is 12.2. The average molecular weight is 407 g/mol. The summed E-state index contributed by atoms with van der Waals surface area (Å²) in [4.78, 5) is 22.3. The highest BCUT2D eigenvalue weighted by Gasteiger charge is 2.52. The molecule has 3 heterocycles. The van der Waals surface area contributed by atoms with Gasteiger partial charge in [0.15, 0.2) is 6.10 Å². The minimum absolute atomic E-state index is 0.191. The smallest absolute Gasteiger partial charge is 0.461 e. The van der Waals surface area contributed by atoms with Crippen LogP contribution in [0.3, 0.4) is 0 Å². The molecule has 2 aliphatic heterocycles. The molecule has 2 fully saturated rings. The van der Waals surface area contributed by atoms with Gasteiger partial charge in [0, 0.05) is 24.4 Å². The lowest BCUT2D eigenvalue weighted by Crippen LogP contribution is -2.51. The van der Waals surface area contributed by atoms with Crippen LogP contribution in [-0.2, 0) is 14.1 Å². The number of carbonyl (C=O) groups excluding carboxylic acids is 1. The third-order valence-corrected chi connectivity index (χ3v) is 5.95. The third kappa shape index (κ3) is 4.71. The first-order valence-corrected chi connectivity index (χ1v) is 10.0. The van der Waals surface area contributed by atoms with Crippen LogP contribution in [0.1, 0.15) is 47.0 Å². The molecule has 0 aromatic carbocycles. The van der Waals surface area contributed by atoms with Crippen molar-refractivity contribution in [3.63, 3.8) is 0 Å². The SMILES string of the molecule is CC1(C)OB(c2cnc(OC[C@H]3CCCCN3C(=O)[C@@H](O)CO)nc2)OC1(C)C. The molecule has 2 N–H and O–H groups in total. The lowest BCUT2D eigenvalue weighted by Gasteiger charge is -2.36. The van der Waals surface area contributed by atoms with Gasteiger partial charge in [-0.05, 0) is 47.0 Å². The molecule has 0 saturated carbocycles. The molecular weight excluding hydrogens is 377 g/mol. The first-order valence-electron chi connectivity index (χ1n) is 10.0. The Morgan fingerprint density at radius 3 is 2.48 bits per heavy atom. The standard InChI is InChI=1S/C19H30BN3O6/c1-18(2)19(3,4)29-20(28-18)13-9-21-17(22-10-13)27-12-14-7-5-6-8-23(14)16(26)15(25)11-24/h9-10,14-15,24-25H,5-8,11-12H2,1-4H3/t14-,15+/m1/s1. The highest BCUT2D eigenvalue weighted by atomic mass is 16.7. The molecule has 3 rings (SSSR count). The van der Waals surface area contributed by atoms with E-state index in [1.165, 1.54) is 0 Å². The number of hydrogen-bond donors (Lipinski definition) is 2. The normalized spacial score (nSPS) is 24.4. The van der Waals surface area contributed by atoms with Crippen LogP contribution in [0.25, 0.3) is 0 Å². The number of likely N-dealkylation sites (tertiary alicyclic amines) is 1. The highest BCUT2D eigenvalue weighted by molar-refractivity contribution is 6.61. The molecule has 1 aromatic heterocycles. The van der Waals surface area contributed by atoms with Crippen LogP contribution in [0.4, 0.5) is 0 Å². The Morgan fingerprint density at radius 2 is 1.90 bits per heavy atom. The van der Waals surface area contributed by atoms with Crippen molar-refractivity contribution < 1.29 is 29.1 Å². The molecule has 0 radical (unpaired) electrons. The molecule has 0 spiro atoms. The fraction of sp³-hybridized carbons (Fsp3) is 0.737. The van der Waals surface area contributed by atoms with Gasteiger partial charge in [0.05, 0.1) is 23.9 Å². The van der Waals surface area contributed by atoms with E-state index < -0.39 is 36.9 Å². The number of carbonyl (C=O) groups is 1. The number of ether oxygens (including phenoxy) is 1. The Bertz CT molecular complexity index is 698. The quantitative estimate of drug-likeness (QED) is 0.628. The van der Waals surface area contributed by atoms with Gasteiger partial charge < -0.3 is 29.2 Å². The first kappa shape index (κ1) is 22.0. The fourth-order valence-corrected chi connectivity index (χ4v) is 3.41. The molecule has 0 unspecified atom stereocenters. The van der Waals surface area contributed by atoms with E-state index in [4.69, 9.17) is 19.2 Å². The summed E-state index contributed by atoms with van der Waals surface area (Å²) < 4.78 is 17.7. The zero-order chi connectivity index (χ0) is 21.2. The van der Waals surface area contributed by atoms with Gasteiger partial charge >= 0.3 is 13.1 Å². The number of aromatic nitrogens is 2. The van der Waals surface area contributed by atoms with Crippen molar-refractivity contribution in [3.05, 3.63) is 12.4 Å². The second kappa shape index (κ2) is 8.55. The van der Waals surface area contributed by atoms with Gasteiger partial charge in [-0.25, -0.2) is 9.97 Å². The summed E-state index contributed by atoms with van der Waals surface area (Å²) >= 11 is 0. The Hall–Kier alpha value is -1.75. The van der Waals surface area contributed by atoms with Gasteiger partial charge in [-0.2, -0.15) is 0 Å². The van der Waals surface area contributed by atoms with Crippen molar-refractivity contribution in [2.24, 2.45) is 0 Å². The van der Waals surface area contributed by atoms with Crippen LogP contribution in [-0.4, -0.2) is 81.2 Å². The summed E-state index contributed by atoms with van der Waals surface area (Å²) in [7, 11) is -0.541. The molecule has 2 aliphatic rings. The summed E-state index contributed by atoms with van der Waals surface area (Å²) in [6, 6.07) is 0.00905. The van der Waals surface area contributed by atoms with Gasteiger partial charge in [0.2, 0.25) is 0 Å². The maximum Gasteiger partial charge on any atom is 0.498 e. The van der Waals surface area contributed by atoms with Crippen molar-refractivity contribution >= 4 is 18.5 Å². The zero-order valence-corrected chi connectivity index (χ0v) is 17.5. The topological polar surface area (TPSA) is 114 Å². The van der Waals surface area contributed by atoms with Gasteiger partial charge in [0.25, 0.3) is 5.91 Å². The summed E-state index contributed by atoms with van der Waals surface area (Å²) in [5.41, 5.74) is -0.178. The Kier molecular flexibility index (Phi) is 6.47. The Balaban J connectivity index is 1.59. The van der Waals surface area contributed by atoms with E-state index in [1.807, 2.05) is 27.7 Å². The molecule has 1 aromatic rings. The molecule has 2 saturated heterocycles.